The lowest BCUT2D eigenvalue weighted by molar-refractivity contribution is -0.137. The normalized spacial score (nSPS) is 17.7. The molecule has 6 nitrogen and oxygen atoms in total. The van der Waals surface area contributed by atoms with E-state index in [9.17, 15) is 18.0 Å². The molecule has 2 atom stereocenters. The average molecular weight is 461 g/mol. The minimum atomic E-state index is -4.51. The molecule has 1 aromatic carbocycles. The zero-order valence-electron chi connectivity index (χ0n) is 18.5. The molecule has 1 saturated heterocycles. The van der Waals surface area contributed by atoms with Crippen LogP contribution in [0.3, 0.4) is 0 Å². The molecule has 4 rings (SSSR count). The predicted octanol–water partition coefficient (Wildman–Crippen LogP) is 5.34. The van der Waals surface area contributed by atoms with Gasteiger partial charge in [0.05, 0.1) is 24.1 Å². The van der Waals surface area contributed by atoms with Crippen molar-refractivity contribution in [2.24, 2.45) is 5.92 Å². The Morgan fingerprint density at radius 2 is 2.15 bits per heavy atom. The van der Waals surface area contributed by atoms with E-state index in [0.29, 0.717) is 43.1 Å². The van der Waals surface area contributed by atoms with Crippen LogP contribution in [0.1, 0.15) is 44.1 Å². The second-order valence-electron chi connectivity index (χ2n) is 8.14. The Morgan fingerprint density at radius 3 is 2.91 bits per heavy atom. The number of carbonyl (C=O) groups is 1. The van der Waals surface area contributed by atoms with E-state index < -0.39 is 23.7 Å². The SMILES string of the molecule is CCOc1cccc2cc(C(C)NC(=O)C3CCCN(c4ncccc4C(F)(F)F)C3)oc12. The van der Waals surface area contributed by atoms with Gasteiger partial charge < -0.3 is 19.4 Å². The predicted molar refractivity (Wildman–Crippen MR) is 118 cm³/mol. The van der Waals surface area contributed by atoms with E-state index in [1.54, 1.807) is 4.90 Å². The number of fused-ring (bicyclic) bond motifs is 1. The monoisotopic (exact) mass is 461 g/mol. The van der Waals surface area contributed by atoms with Gasteiger partial charge in [0.25, 0.3) is 0 Å². The fourth-order valence-electron chi connectivity index (χ4n) is 4.19. The Balaban J connectivity index is 1.47. The van der Waals surface area contributed by atoms with Crippen molar-refractivity contribution >= 4 is 22.7 Å². The largest absolute Gasteiger partial charge is 0.490 e. The average Bonchev–Trinajstić information content (AvgIpc) is 3.24. The minimum absolute atomic E-state index is 0.128. The maximum Gasteiger partial charge on any atom is 0.419 e. The highest BCUT2D eigenvalue weighted by atomic mass is 19.4. The number of nitrogens with zero attached hydrogens (tertiary/aromatic N) is 2. The summed E-state index contributed by atoms with van der Waals surface area (Å²) in [4.78, 5) is 18.5. The van der Waals surface area contributed by atoms with E-state index in [0.717, 1.165) is 11.5 Å². The van der Waals surface area contributed by atoms with Crippen LogP contribution < -0.4 is 15.0 Å². The van der Waals surface area contributed by atoms with Gasteiger partial charge in [0.1, 0.15) is 11.6 Å². The summed E-state index contributed by atoms with van der Waals surface area (Å²) in [5.41, 5.74) is -0.166. The van der Waals surface area contributed by atoms with Crippen LogP contribution in [0.4, 0.5) is 19.0 Å². The number of pyridine rings is 1. The first-order chi connectivity index (χ1) is 15.8. The Labute approximate surface area is 189 Å². The number of aromatic nitrogens is 1. The van der Waals surface area contributed by atoms with Crippen molar-refractivity contribution in [1.82, 2.24) is 10.3 Å². The number of benzene rings is 1. The quantitative estimate of drug-likeness (QED) is 0.537. The van der Waals surface area contributed by atoms with Crippen LogP contribution in [0.5, 0.6) is 5.75 Å². The number of ether oxygens (including phenoxy) is 1. The molecule has 3 heterocycles. The zero-order valence-corrected chi connectivity index (χ0v) is 18.5. The first-order valence-corrected chi connectivity index (χ1v) is 11.0. The lowest BCUT2D eigenvalue weighted by Crippen LogP contribution is -2.44. The third-order valence-electron chi connectivity index (χ3n) is 5.80. The molecule has 1 N–H and O–H groups in total. The summed E-state index contributed by atoms with van der Waals surface area (Å²) in [5, 5.41) is 3.82. The summed E-state index contributed by atoms with van der Waals surface area (Å²) < 4.78 is 51.8. The lowest BCUT2D eigenvalue weighted by atomic mass is 9.96. The van der Waals surface area contributed by atoms with Gasteiger partial charge in [0.2, 0.25) is 5.91 Å². The lowest BCUT2D eigenvalue weighted by Gasteiger charge is -2.34. The topological polar surface area (TPSA) is 67.6 Å². The van der Waals surface area contributed by atoms with Crippen LogP contribution >= 0.6 is 0 Å². The van der Waals surface area contributed by atoms with Crippen molar-refractivity contribution in [3.05, 3.63) is 53.9 Å². The number of nitrogens with one attached hydrogen (secondary N) is 1. The van der Waals surface area contributed by atoms with Gasteiger partial charge in [-0.3, -0.25) is 4.79 Å². The molecule has 1 aliphatic heterocycles. The minimum Gasteiger partial charge on any atom is -0.490 e. The van der Waals surface area contributed by atoms with Crippen molar-refractivity contribution < 1.29 is 27.1 Å². The van der Waals surface area contributed by atoms with E-state index in [4.69, 9.17) is 9.15 Å². The molecular formula is C24H26F3N3O3. The summed E-state index contributed by atoms with van der Waals surface area (Å²) in [7, 11) is 0. The molecule has 1 aliphatic rings. The van der Waals surface area contributed by atoms with Gasteiger partial charge in [0.15, 0.2) is 11.3 Å². The van der Waals surface area contributed by atoms with E-state index in [1.807, 2.05) is 38.1 Å². The van der Waals surface area contributed by atoms with Gasteiger partial charge in [-0.15, -0.1) is 0 Å². The van der Waals surface area contributed by atoms with Crippen LogP contribution in [-0.4, -0.2) is 30.6 Å². The van der Waals surface area contributed by atoms with Gasteiger partial charge in [-0.1, -0.05) is 12.1 Å². The molecular weight excluding hydrogens is 435 g/mol. The summed E-state index contributed by atoms with van der Waals surface area (Å²) in [6.45, 7) is 4.81. The number of rotatable bonds is 6. The summed E-state index contributed by atoms with van der Waals surface area (Å²) in [6.07, 6.45) is -1.97. The van der Waals surface area contributed by atoms with Crippen LogP contribution in [-0.2, 0) is 11.0 Å². The van der Waals surface area contributed by atoms with Gasteiger partial charge >= 0.3 is 6.18 Å². The van der Waals surface area contributed by atoms with Crippen molar-refractivity contribution in [3.63, 3.8) is 0 Å². The number of furan rings is 1. The van der Waals surface area contributed by atoms with Crippen molar-refractivity contribution in [2.45, 2.75) is 38.9 Å². The third-order valence-corrected chi connectivity index (χ3v) is 5.80. The molecule has 0 saturated carbocycles. The third kappa shape index (κ3) is 4.91. The molecule has 176 valence electrons. The second-order valence-corrected chi connectivity index (χ2v) is 8.14. The number of amides is 1. The number of anilines is 1. The number of carbonyl (C=O) groups excluding carboxylic acids is 1. The smallest absolute Gasteiger partial charge is 0.419 e. The van der Waals surface area contributed by atoms with E-state index >= 15 is 0 Å². The van der Waals surface area contributed by atoms with Crippen molar-refractivity contribution in [2.75, 3.05) is 24.6 Å². The molecule has 0 bridgehead atoms. The first-order valence-electron chi connectivity index (χ1n) is 11.0. The molecule has 0 aliphatic carbocycles. The van der Waals surface area contributed by atoms with Crippen molar-refractivity contribution in [1.29, 1.82) is 0 Å². The Kier molecular flexibility index (Phi) is 6.49. The summed E-state index contributed by atoms with van der Waals surface area (Å²) in [5.74, 6) is 0.423. The standard InChI is InChI=1S/C24H26F3N3O3/c1-3-32-19-10-4-7-16-13-20(33-21(16)19)15(2)29-23(31)17-8-6-12-30(14-17)22-18(24(25,26)27)9-5-11-28-22/h4-5,7,9-11,13,15,17H,3,6,8,12,14H2,1-2H3,(H,29,31). The number of halogens is 3. The van der Waals surface area contributed by atoms with E-state index in [1.165, 1.54) is 12.3 Å². The Hall–Kier alpha value is -3.23. The van der Waals surface area contributed by atoms with Crippen LogP contribution in [0.25, 0.3) is 11.0 Å². The zero-order chi connectivity index (χ0) is 23.6. The van der Waals surface area contributed by atoms with Crippen LogP contribution in [0.15, 0.2) is 47.0 Å². The van der Waals surface area contributed by atoms with Gasteiger partial charge in [-0.25, -0.2) is 4.98 Å². The molecule has 9 heteroatoms. The van der Waals surface area contributed by atoms with Gasteiger partial charge in [0, 0.05) is 24.7 Å². The van der Waals surface area contributed by atoms with E-state index in [-0.39, 0.29) is 18.3 Å². The molecule has 0 spiro atoms. The summed E-state index contributed by atoms with van der Waals surface area (Å²) in [6, 6.07) is 9.35. The number of hydrogen-bond acceptors (Lipinski definition) is 5. The molecule has 2 unspecified atom stereocenters. The van der Waals surface area contributed by atoms with Crippen molar-refractivity contribution in [3.8, 4) is 5.75 Å². The Bertz CT molecular complexity index is 1130. The van der Waals surface area contributed by atoms with Gasteiger partial charge in [-0.05, 0) is 51.0 Å². The van der Waals surface area contributed by atoms with Gasteiger partial charge in [-0.2, -0.15) is 13.2 Å². The van der Waals surface area contributed by atoms with Crippen LogP contribution in [0.2, 0.25) is 0 Å². The molecule has 33 heavy (non-hydrogen) atoms. The number of alkyl halides is 3. The highest BCUT2D eigenvalue weighted by molar-refractivity contribution is 5.84. The first kappa shape index (κ1) is 22.9. The molecule has 1 fully saturated rings. The maximum atomic E-state index is 13.4. The number of hydrogen-bond donors (Lipinski definition) is 1. The second kappa shape index (κ2) is 9.33. The molecule has 2 aromatic heterocycles. The molecule has 0 radical (unpaired) electrons. The summed E-state index contributed by atoms with van der Waals surface area (Å²) >= 11 is 0. The maximum absolute atomic E-state index is 13.4. The van der Waals surface area contributed by atoms with E-state index in [2.05, 4.69) is 10.3 Å². The van der Waals surface area contributed by atoms with Crippen LogP contribution in [0, 0.1) is 5.92 Å². The molecule has 1 amide bonds. The highest BCUT2D eigenvalue weighted by Gasteiger charge is 2.37. The fourth-order valence-corrected chi connectivity index (χ4v) is 4.19. The number of para-hydroxylation sites is 1. The number of piperidine rings is 1. The Morgan fingerprint density at radius 1 is 1.33 bits per heavy atom. The molecule has 3 aromatic rings. The highest BCUT2D eigenvalue weighted by Crippen LogP contribution is 2.37. The fraction of sp³-hybridized carbons (Fsp3) is 0.417.